The van der Waals surface area contributed by atoms with Crippen LogP contribution in [0.5, 0.6) is 0 Å². The number of likely N-dealkylation sites (N-methyl/N-ethyl adjacent to an activating group) is 1. The Kier molecular flexibility index (Phi) is 6.77. The van der Waals surface area contributed by atoms with Crippen LogP contribution in [0.25, 0.3) is 10.9 Å². The van der Waals surface area contributed by atoms with Crippen LogP contribution in [0.4, 0.5) is 0 Å². The number of carbonyl (C=O) groups is 2. The standard InChI is InChI=1S/C21H30N4O2/c1-6-8-11-14-25-16-13-10-9-12-15(16)17(24-25)19(26)23-18(21(3,4)5)20(27)22-7-2/h6,9-10,12-13,18H,1,7-8,11,14H2,2-5H3,(H,22,27)(H,23,26). The van der Waals surface area contributed by atoms with Gasteiger partial charge in [0, 0.05) is 18.5 Å². The van der Waals surface area contributed by atoms with Crippen LogP contribution in [0.2, 0.25) is 0 Å². The topological polar surface area (TPSA) is 76.0 Å². The maximum Gasteiger partial charge on any atom is 0.273 e. The molecule has 1 aromatic heterocycles. The Bertz CT molecular complexity index is 817. The lowest BCUT2D eigenvalue weighted by molar-refractivity contribution is -0.125. The van der Waals surface area contributed by atoms with Gasteiger partial charge < -0.3 is 10.6 Å². The van der Waals surface area contributed by atoms with Crippen LogP contribution in [-0.4, -0.2) is 34.2 Å². The molecule has 1 unspecified atom stereocenters. The largest absolute Gasteiger partial charge is 0.355 e. The molecule has 146 valence electrons. The summed E-state index contributed by atoms with van der Waals surface area (Å²) in [6, 6.07) is 7.02. The highest BCUT2D eigenvalue weighted by Gasteiger charge is 2.33. The van der Waals surface area contributed by atoms with Gasteiger partial charge >= 0.3 is 0 Å². The number of aromatic nitrogens is 2. The number of nitrogens with zero attached hydrogens (tertiary/aromatic N) is 2. The van der Waals surface area contributed by atoms with E-state index < -0.39 is 11.5 Å². The minimum atomic E-state index is -0.644. The molecule has 27 heavy (non-hydrogen) atoms. The van der Waals surface area contributed by atoms with Crippen molar-refractivity contribution in [1.82, 2.24) is 20.4 Å². The van der Waals surface area contributed by atoms with Crippen molar-refractivity contribution in [2.45, 2.75) is 53.1 Å². The number of unbranched alkanes of at least 4 members (excludes halogenated alkanes) is 1. The number of benzene rings is 1. The molecule has 2 rings (SSSR count). The van der Waals surface area contributed by atoms with E-state index in [0.29, 0.717) is 18.8 Å². The predicted molar refractivity (Wildman–Crippen MR) is 109 cm³/mol. The highest BCUT2D eigenvalue weighted by atomic mass is 16.2. The number of carbonyl (C=O) groups excluding carboxylic acids is 2. The summed E-state index contributed by atoms with van der Waals surface area (Å²) in [5, 5.41) is 11.0. The van der Waals surface area contributed by atoms with Gasteiger partial charge in [0.1, 0.15) is 6.04 Å². The molecule has 2 N–H and O–H groups in total. The first-order valence-corrected chi connectivity index (χ1v) is 9.44. The van der Waals surface area contributed by atoms with Crippen LogP contribution in [-0.2, 0) is 11.3 Å². The third kappa shape index (κ3) is 4.96. The molecule has 0 saturated heterocycles. The molecule has 0 aliphatic carbocycles. The third-order valence-electron chi connectivity index (χ3n) is 4.41. The highest BCUT2D eigenvalue weighted by Crippen LogP contribution is 2.22. The number of para-hydroxylation sites is 1. The summed E-state index contributed by atoms with van der Waals surface area (Å²) in [4.78, 5) is 25.4. The molecule has 1 atom stereocenters. The average molecular weight is 370 g/mol. The molecule has 2 aromatic rings. The Balaban J connectivity index is 2.33. The van der Waals surface area contributed by atoms with E-state index in [2.05, 4.69) is 22.3 Å². The number of allylic oxidation sites excluding steroid dienone is 1. The summed E-state index contributed by atoms with van der Waals surface area (Å²) >= 11 is 0. The maximum atomic E-state index is 13.0. The fraction of sp³-hybridized carbons (Fsp3) is 0.476. The van der Waals surface area contributed by atoms with Crippen molar-refractivity contribution in [3.63, 3.8) is 0 Å². The molecule has 0 spiro atoms. The fourth-order valence-electron chi connectivity index (χ4n) is 3.00. The van der Waals surface area contributed by atoms with Crippen molar-refractivity contribution in [3.05, 3.63) is 42.6 Å². The number of fused-ring (bicyclic) bond motifs is 1. The number of aryl methyl sites for hydroxylation is 1. The fourth-order valence-corrected chi connectivity index (χ4v) is 3.00. The first-order chi connectivity index (χ1) is 12.8. The van der Waals surface area contributed by atoms with E-state index >= 15 is 0 Å². The summed E-state index contributed by atoms with van der Waals surface area (Å²) in [5.41, 5.74) is 0.844. The SMILES string of the molecule is C=CCCCn1nc(C(=O)NC(C(=O)NCC)C(C)(C)C)c2ccccc21. The smallest absolute Gasteiger partial charge is 0.273 e. The lowest BCUT2D eigenvalue weighted by Crippen LogP contribution is -2.53. The van der Waals surface area contributed by atoms with Crippen LogP contribution in [0.1, 0.15) is 51.0 Å². The van der Waals surface area contributed by atoms with Gasteiger partial charge in [-0.3, -0.25) is 14.3 Å². The molecule has 0 fully saturated rings. The van der Waals surface area contributed by atoms with Crippen molar-refractivity contribution in [2.24, 2.45) is 5.41 Å². The normalized spacial score (nSPS) is 12.6. The van der Waals surface area contributed by atoms with Crippen molar-refractivity contribution >= 4 is 22.7 Å². The van der Waals surface area contributed by atoms with E-state index in [1.807, 2.05) is 62.7 Å². The Morgan fingerprint density at radius 2 is 2.00 bits per heavy atom. The van der Waals surface area contributed by atoms with Crippen molar-refractivity contribution in [2.75, 3.05) is 6.54 Å². The van der Waals surface area contributed by atoms with Crippen molar-refractivity contribution in [1.29, 1.82) is 0 Å². The van der Waals surface area contributed by atoms with Gasteiger partial charge in [0.05, 0.1) is 5.52 Å². The first-order valence-electron chi connectivity index (χ1n) is 9.44. The van der Waals surface area contributed by atoms with Crippen LogP contribution < -0.4 is 10.6 Å². The zero-order chi connectivity index (χ0) is 20.0. The Morgan fingerprint density at radius 3 is 2.63 bits per heavy atom. The minimum Gasteiger partial charge on any atom is -0.355 e. The molecule has 1 aromatic carbocycles. The van der Waals surface area contributed by atoms with Crippen LogP contribution in [0.3, 0.4) is 0 Å². The molecule has 0 radical (unpaired) electrons. The summed E-state index contributed by atoms with van der Waals surface area (Å²) in [6.07, 6.45) is 3.67. The molecule has 0 aliphatic heterocycles. The number of nitrogens with one attached hydrogen (secondary N) is 2. The third-order valence-corrected chi connectivity index (χ3v) is 4.41. The van der Waals surface area contributed by atoms with Crippen molar-refractivity contribution in [3.8, 4) is 0 Å². The molecule has 1 heterocycles. The second kappa shape index (κ2) is 8.84. The monoisotopic (exact) mass is 370 g/mol. The van der Waals surface area contributed by atoms with Gasteiger partial charge in [-0.25, -0.2) is 0 Å². The van der Waals surface area contributed by atoms with Gasteiger partial charge in [0.2, 0.25) is 5.91 Å². The zero-order valence-electron chi connectivity index (χ0n) is 16.7. The second-order valence-corrected chi connectivity index (χ2v) is 7.69. The molecule has 2 amide bonds. The van der Waals surface area contributed by atoms with Gasteiger partial charge in [-0.05, 0) is 31.2 Å². The van der Waals surface area contributed by atoms with Gasteiger partial charge in [0.15, 0.2) is 5.69 Å². The summed E-state index contributed by atoms with van der Waals surface area (Å²) in [5.74, 6) is -0.520. The number of rotatable bonds is 8. The van der Waals surface area contributed by atoms with E-state index in [4.69, 9.17) is 0 Å². The van der Waals surface area contributed by atoms with Gasteiger partial charge in [0.25, 0.3) is 5.91 Å². The quantitative estimate of drug-likeness (QED) is 0.553. The Morgan fingerprint density at radius 1 is 1.30 bits per heavy atom. The van der Waals surface area contributed by atoms with Gasteiger partial charge in [-0.2, -0.15) is 5.10 Å². The van der Waals surface area contributed by atoms with E-state index in [1.54, 1.807) is 0 Å². The molecule has 6 nitrogen and oxygen atoms in total. The molecule has 6 heteroatoms. The molecule has 0 aliphatic rings. The second-order valence-electron chi connectivity index (χ2n) is 7.69. The van der Waals surface area contributed by atoms with Crippen LogP contribution >= 0.6 is 0 Å². The van der Waals surface area contributed by atoms with E-state index in [9.17, 15) is 9.59 Å². The lowest BCUT2D eigenvalue weighted by Gasteiger charge is -2.30. The minimum absolute atomic E-state index is 0.187. The van der Waals surface area contributed by atoms with Crippen LogP contribution in [0, 0.1) is 5.41 Å². The summed E-state index contributed by atoms with van der Waals surface area (Å²) < 4.78 is 1.85. The number of hydrogen-bond donors (Lipinski definition) is 2. The predicted octanol–water partition coefficient (Wildman–Crippen LogP) is 3.28. The van der Waals surface area contributed by atoms with Crippen molar-refractivity contribution < 1.29 is 9.59 Å². The highest BCUT2D eigenvalue weighted by molar-refractivity contribution is 6.06. The maximum absolute atomic E-state index is 13.0. The van der Waals surface area contributed by atoms with Gasteiger partial charge in [-0.1, -0.05) is 45.0 Å². The summed E-state index contributed by atoms with van der Waals surface area (Å²) in [7, 11) is 0. The van der Waals surface area contributed by atoms with E-state index in [1.165, 1.54) is 0 Å². The zero-order valence-corrected chi connectivity index (χ0v) is 16.7. The molecular formula is C21H30N4O2. The Labute approximate surface area is 161 Å². The van der Waals surface area contributed by atoms with Gasteiger partial charge in [-0.15, -0.1) is 6.58 Å². The number of hydrogen-bond acceptors (Lipinski definition) is 3. The molecular weight excluding hydrogens is 340 g/mol. The Hall–Kier alpha value is -2.63. The lowest BCUT2D eigenvalue weighted by atomic mass is 9.86. The molecule has 0 bridgehead atoms. The summed E-state index contributed by atoms with van der Waals surface area (Å²) in [6.45, 7) is 12.6. The first kappa shape index (κ1) is 20.7. The average Bonchev–Trinajstić information content (AvgIpc) is 2.98. The van der Waals surface area contributed by atoms with E-state index in [0.717, 1.165) is 23.7 Å². The van der Waals surface area contributed by atoms with Crippen LogP contribution in [0.15, 0.2) is 36.9 Å². The number of amides is 2. The molecule has 0 saturated carbocycles. The van der Waals surface area contributed by atoms with E-state index in [-0.39, 0.29) is 11.8 Å².